The molecule has 0 radical (unpaired) electrons. The molecule has 0 aromatic heterocycles. The molecule has 2 N–H and O–H groups in total. The van der Waals surface area contributed by atoms with E-state index in [4.69, 9.17) is 31.4 Å². The summed E-state index contributed by atoms with van der Waals surface area (Å²) in [6.07, 6.45) is 1.33. The Labute approximate surface area is 165 Å². The van der Waals surface area contributed by atoms with Crippen LogP contribution in [0.25, 0.3) is 5.57 Å². The molecule has 1 heterocycles. The van der Waals surface area contributed by atoms with Crippen molar-refractivity contribution in [1.82, 2.24) is 0 Å². The standard InChI is InChI=1S/C19H27BClFN2O3/c1-12(24-9-10-25-6)14(11-23)13-7-8-15(16(21)17(13)22)20-26-18(2,3)19(4,5)27-20/h7-8,11H,9-10,23H2,1-6H3/b14-11+,24-12?. The SMILES string of the molecule is COCCN=C(C)/C(=C\N)c1ccc(B2OC(C)(C)C(C)(C)O2)c(Cl)c1F. The molecule has 1 aromatic rings. The number of halogens is 2. The molecule has 27 heavy (non-hydrogen) atoms. The molecule has 2 rings (SSSR count). The Morgan fingerprint density at radius 3 is 2.41 bits per heavy atom. The Balaban J connectivity index is 2.36. The van der Waals surface area contributed by atoms with E-state index < -0.39 is 24.1 Å². The smallest absolute Gasteiger partial charge is 0.404 e. The maximum absolute atomic E-state index is 15.1. The summed E-state index contributed by atoms with van der Waals surface area (Å²) >= 11 is 6.33. The molecular formula is C19H27BClFN2O3. The second-order valence-corrected chi connectivity index (χ2v) is 7.84. The number of hydrogen-bond donors (Lipinski definition) is 1. The number of ether oxygens (including phenoxy) is 1. The zero-order chi connectivity index (χ0) is 20.4. The Morgan fingerprint density at radius 1 is 1.30 bits per heavy atom. The number of aliphatic imine (C=N–C) groups is 1. The van der Waals surface area contributed by atoms with E-state index >= 15 is 4.39 Å². The first-order chi connectivity index (χ1) is 12.6. The van der Waals surface area contributed by atoms with Crippen molar-refractivity contribution in [3.8, 4) is 0 Å². The molecule has 0 bridgehead atoms. The van der Waals surface area contributed by atoms with E-state index in [1.54, 1.807) is 26.2 Å². The topological polar surface area (TPSA) is 66.1 Å². The molecule has 8 heteroatoms. The molecular weight excluding hydrogens is 369 g/mol. The Morgan fingerprint density at radius 2 is 1.89 bits per heavy atom. The van der Waals surface area contributed by atoms with Gasteiger partial charge in [-0.1, -0.05) is 23.7 Å². The fourth-order valence-corrected chi connectivity index (χ4v) is 2.97. The van der Waals surface area contributed by atoms with Gasteiger partial charge < -0.3 is 19.8 Å². The molecule has 1 fully saturated rings. The van der Waals surface area contributed by atoms with E-state index in [1.165, 1.54) is 6.20 Å². The van der Waals surface area contributed by atoms with Crippen LogP contribution >= 0.6 is 11.6 Å². The van der Waals surface area contributed by atoms with Crippen molar-refractivity contribution in [2.24, 2.45) is 10.7 Å². The summed E-state index contributed by atoms with van der Waals surface area (Å²) in [4.78, 5) is 4.35. The fraction of sp³-hybridized carbons (Fsp3) is 0.526. The maximum atomic E-state index is 15.1. The van der Waals surface area contributed by atoms with Crippen molar-refractivity contribution in [1.29, 1.82) is 0 Å². The quantitative estimate of drug-likeness (QED) is 0.455. The number of allylic oxidation sites excluding steroid dienone is 1. The van der Waals surface area contributed by atoms with Crippen molar-refractivity contribution < 1.29 is 18.4 Å². The lowest BCUT2D eigenvalue weighted by atomic mass is 9.78. The first-order valence-corrected chi connectivity index (χ1v) is 9.19. The summed E-state index contributed by atoms with van der Waals surface area (Å²) in [5.74, 6) is -0.582. The number of nitrogens with two attached hydrogens (primary N) is 1. The number of methoxy groups -OCH3 is 1. The van der Waals surface area contributed by atoms with Crippen LogP contribution in [-0.2, 0) is 14.0 Å². The van der Waals surface area contributed by atoms with Gasteiger partial charge in [-0.3, -0.25) is 4.99 Å². The Bertz CT molecular complexity index is 750. The van der Waals surface area contributed by atoms with E-state index in [9.17, 15) is 0 Å². The van der Waals surface area contributed by atoms with Crippen LogP contribution in [0.4, 0.5) is 4.39 Å². The van der Waals surface area contributed by atoms with E-state index in [0.717, 1.165) is 0 Å². The van der Waals surface area contributed by atoms with Gasteiger partial charge in [-0.25, -0.2) is 4.39 Å². The van der Waals surface area contributed by atoms with Gasteiger partial charge in [-0.15, -0.1) is 0 Å². The van der Waals surface area contributed by atoms with Crippen LogP contribution in [0.3, 0.4) is 0 Å². The van der Waals surface area contributed by atoms with Gasteiger partial charge >= 0.3 is 7.12 Å². The van der Waals surface area contributed by atoms with Gasteiger partial charge in [0.15, 0.2) is 0 Å². The molecule has 5 nitrogen and oxygen atoms in total. The summed E-state index contributed by atoms with van der Waals surface area (Å²) in [5.41, 5.74) is 6.46. The van der Waals surface area contributed by atoms with Crippen LogP contribution in [0, 0.1) is 5.82 Å². The van der Waals surface area contributed by atoms with Gasteiger partial charge in [0.2, 0.25) is 0 Å². The molecule has 0 unspecified atom stereocenters. The summed E-state index contributed by atoms with van der Waals surface area (Å²) < 4.78 is 32.0. The molecule has 1 aliphatic heterocycles. The summed E-state index contributed by atoms with van der Waals surface area (Å²) in [6, 6.07) is 3.32. The van der Waals surface area contributed by atoms with Crippen LogP contribution in [0.5, 0.6) is 0 Å². The van der Waals surface area contributed by atoms with Crippen molar-refractivity contribution in [3.63, 3.8) is 0 Å². The predicted octanol–water partition coefficient (Wildman–Crippen LogP) is 3.19. The number of benzene rings is 1. The highest BCUT2D eigenvalue weighted by atomic mass is 35.5. The van der Waals surface area contributed by atoms with Gasteiger partial charge in [-0.2, -0.15) is 0 Å². The molecule has 1 aliphatic rings. The van der Waals surface area contributed by atoms with Crippen molar-refractivity contribution in [2.75, 3.05) is 20.3 Å². The van der Waals surface area contributed by atoms with Crippen molar-refractivity contribution in [3.05, 3.63) is 34.7 Å². The molecule has 1 saturated heterocycles. The predicted molar refractivity (Wildman–Crippen MR) is 109 cm³/mol. The van der Waals surface area contributed by atoms with Crippen LogP contribution in [0.1, 0.15) is 40.2 Å². The third-order valence-corrected chi connectivity index (χ3v) is 5.49. The maximum Gasteiger partial charge on any atom is 0.496 e. The second kappa shape index (κ2) is 8.31. The molecule has 0 amide bonds. The largest absolute Gasteiger partial charge is 0.496 e. The van der Waals surface area contributed by atoms with Crippen LogP contribution in [0.15, 0.2) is 23.3 Å². The lowest BCUT2D eigenvalue weighted by molar-refractivity contribution is 0.00578. The van der Waals surface area contributed by atoms with E-state index in [2.05, 4.69) is 4.99 Å². The lowest BCUT2D eigenvalue weighted by Crippen LogP contribution is -2.41. The molecule has 1 aromatic carbocycles. The average molecular weight is 397 g/mol. The molecule has 0 aliphatic carbocycles. The van der Waals surface area contributed by atoms with Crippen molar-refractivity contribution in [2.45, 2.75) is 45.8 Å². The highest BCUT2D eigenvalue weighted by Crippen LogP contribution is 2.37. The minimum absolute atomic E-state index is 0.0463. The van der Waals surface area contributed by atoms with Crippen LogP contribution in [-0.4, -0.2) is 44.3 Å². The molecule has 0 saturated carbocycles. The van der Waals surface area contributed by atoms with Crippen LogP contribution < -0.4 is 11.2 Å². The van der Waals surface area contributed by atoms with E-state index in [1.807, 2.05) is 27.7 Å². The van der Waals surface area contributed by atoms with Gasteiger partial charge in [0.05, 0.1) is 29.4 Å². The van der Waals surface area contributed by atoms with E-state index in [0.29, 0.717) is 29.9 Å². The van der Waals surface area contributed by atoms with Gasteiger partial charge in [0, 0.05) is 35.6 Å². The third-order valence-electron chi connectivity index (χ3n) is 5.11. The fourth-order valence-electron chi connectivity index (χ4n) is 2.72. The zero-order valence-electron chi connectivity index (χ0n) is 16.7. The second-order valence-electron chi connectivity index (χ2n) is 7.46. The number of hydrogen-bond acceptors (Lipinski definition) is 5. The molecule has 0 atom stereocenters. The van der Waals surface area contributed by atoms with E-state index in [-0.39, 0.29) is 10.6 Å². The lowest BCUT2D eigenvalue weighted by Gasteiger charge is -2.32. The molecule has 0 spiro atoms. The average Bonchev–Trinajstić information content (AvgIpc) is 2.80. The minimum atomic E-state index is -0.743. The zero-order valence-corrected chi connectivity index (χ0v) is 17.5. The Kier molecular flexibility index (Phi) is 6.74. The number of rotatable bonds is 6. The first-order valence-electron chi connectivity index (χ1n) is 8.82. The van der Waals surface area contributed by atoms with Crippen molar-refractivity contribution >= 4 is 35.5 Å². The first kappa shape index (κ1) is 21.9. The molecule has 148 valence electrons. The highest BCUT2D eigenvalue weighted by molar-refractivity contribution is 6.65. The number of nitrogens with zero attached hydrogens (tertiary/aromatic N) is 1. The third kappa shape index (κ3) is 4.37. The summed E-state index contributed by atoms with van der Waals surface area (Å²) in [5, 5.41) is -0.0463. The van der Waals surface area contributed by atoms with Gasteiger partial charge in [-0.05, 0) is 34.6 Å². The Hall–Kier alpha value is -1.41. The van der Waals surface area contributed by atoms with Gasteiger partial charge in [0.1, 0.15) is 5.82 Å². The van der Waals surface area contributed by atoms with Gasteiger partial charge in [0.25, 0.3) is 0 Å². The summed E-state index contributed by atoms with van der Waals surface area (Å²) in [6.45, 7) is 10.4. The normalized spacial score (nSPS) is 19.6. The monoisotopic (exact) mass is 396 g/mol. The minimum Gasteiger partial charge on any atom is -0.404 e. The highest BCUT2D eigenvalue weighted by Gasteiger charge is 2.52. The summed E-state index contributed by atoms with van der Waals surface area (Å²) in [7, 11) is 0.853. The van der Waals surface area contributed by atoms with Crippen LogP contribution in [0.2, 0.25) is 5.02 Å².